The molecule has 0 fully saturated rings. The summed E-state index contributed by atoms with van der Waals surface area (Å²) < 4.78 is 14.2. The number of hydrogen-bond donors (Lipinski definition) is 3. The van der Waals surface area contributed by atoms with E-state index in [-0.39, 0.29) is 16.1 Å². The van der Waals surface area contributed by atoms with Gasteiger partial charge in [-0.3, -0.25) is 14.4 Å². The Kier molecular flexibility index (Phi) is 4.42. The summed E-state index contributed by atoms with van der Waals surface area (Å²) in [5.41, 5.74) is -0.241. The fourth-order valence-corrected chi connectivity index (χ4v) is 2.82. The van der Waals surface area contributed by atoms with Gasteiger partial charge in [0.15, 0.2) is 5.78 Å². The standard InChI is InChI=1S/C15H13ClFNO5/c1-5-3-7(16)12(17)10-6(2)13(21)11(14(22)9(5)10)15(23)18-4-8(19)20/h3,6,22H,4H2,1-2H3,(H,18,23)(H,19,20). The molecule has 0 saturated heterocycles. The summed E-state index contributed by atoms with van der Waals surface area (Å²) in [5, 5.41) is 20.7. The van der Waals surface area contributed by atoms with E-state index in [1.165, 1.54) is 13.0 Å². The first-order chi connectivity index (χ1) is 10.7. The molecule has 1 aromatic carbocycles. The van der Waals surface area contributed by atoms with Gasteiger partial charge in [0.25, 0.3) is 5.91 Å². The summed E-state index contributed by atoms with van der Waals surface area (Å²) >= 11 is 5.77. The van der Waals surface area contributed by atoms with Crippen LogP contribution in [-0.4, -0.2) is 34.4 Å². The molecular formula is C15H13ClFNO5. The van der Waals surface area contributed by atoms with Gasteiger partial charge in [-0.25, -0.2) is 4.39 Å². The molecule has 3 N–H and O–H groups in total. The van der Waals surface area contributed by atoms with Gasteiger partial charge in [-0.2, -0.15) is 0 Å². The first-order valence-corrected chi connectivity index (χ1v) is 7.00. The average Bonchev–Trinajstić information content (AvgIpc) is 2.46. The molecule has 1 amide bonds. The summed E-state index contributed by atoms with van der Waals surface area (Å²) in [7, 11) is 0. The van der Waals surface area contributed by atoms with Crippen molar-refractivity contribution in [2.75, 3.05) is 6.54 Å². The zero-order valence-electron chi connectivity index (χ0n) is 12.2. The zero-order chi connectivity index (χ0) is 17.5. The van der Waals surface area contributed by atoms with Crippen molar-refractivity contribution in [1.29, 1.82) is 0 Å². The summed E-state index contributed by atoms with van der Waals surface area (Å²) in [5.74, 6) is -5.68. The van der Waals surface area contributed by atoms with Crippen molar-refractivity contribution >= 4 is 35.0 Å². The van der Waals surface area contributed by atoms with Crippen LogP contribution in [0.3, 0.4) is 0 Å². The number of carboxylic acid groups (broad SMARTS) is 1. The van der Waals surface area contributed by atoms with Crippen LogP contribution in [0.1, 0.15) is 29.5 Å². The summed E-state index contributed by atoms with van der Waals surface area (Å²) in [6.07, 6.45) is 0. The number of nitrogens with one attached hydrogen (secondary N) is 1. The minimum absolute atomic E-state index is 0.0273. The number of ketones is 1. The average molecular weight is 342 g/mol. The number of fused-ring (bicyclic) bond motifs is 1. The highest BCUT2D eigenvalue weighted by molar-refractivity contribution is 6.31. The van der Waals surface area contributed by atoms with Gasteiger partial charge in [-0.05, 0) is 18.6 Å². The van der Waals surface area contributed by atoms with Crippen molar-refractivity contribution in [3.8, 4) is 0 Å². The first-order valence-electron chi connectivity index (χ1n) is 6.63. The maximum atomic E-state index is 14.2. The van der Waals surface area contributed by atoms with E-state index in [0.29, 0.717) is 5.56 Å². The molecule has 1 unspecified atom stereocenters. The van der Waals surface area contributed by atoms with Crippen molar-refractivity contribution < 1.29 is 29.0 Å². The van der Waals surface area contributed by atoms with E-state index >= 15 is 0 Å². The molecule has 0 spiro atoms. The Morgan fingerprint density at radius 1 is 1.43 bits per heavy atom. The van der Waals surface area contributed by atoms with Gasteiger partial charge in [0.2, 0.25) is 0 Å². The van der Waals surface area contributed by atoms with Crippen LogP contribution in [0.15, 0.2) is 11.6 Å². The van der Waals surface area contributed by atoms with E-state index < -0.39 is 47.3 Å². The molecule has 0 heterocycles. The Morgan fingerprint density at radius 2 is 2.04 bits per heavy atom. The maximum Gasteiger partial charge on any atom is 0.322 e. The molecule has 2 rings (SSSR count). The van der Waals surface area contributed by atoms with Crippen LogP contribution in [0.4, 0.5) is 4.39 Å². The quantitative estimate of drug-likeness (QED) is 0.729. The van der Waals surface area contributed by atoms with E-state index in [1.807, 2.05) is 5.32 Å². The van der Waals surface area contributed by atoms with E-state index in [0.717, 1.165) is 0 Å². The molecule has 8 heteroatoms. The van der Waals surface area contributed by atoms with Crippen molar-refractivity contribution in [2.24, 2.45) is 0 Å². The van der Waals surface area contributed by atoms with Crippen LogP contribution in [0.5, 0.6) is 0 Å². The molecule has 1 aliphatic rings. The van der Waals surface area contributed by atoms with Crippen LogP contribution in [-0.2, 0) is 14.4 Å². The van der Waals surface area contributed by atoms with Gasteiger partial charge in [0.05, 0.1) is 5.02 Å². The van der Waals surface area contributed by atoms with Crippen LogP contribution in [0.2, 0.25) is 5.02 Å². The Balaban J connectivity index is 2.63. The lowest BCUT2D eigenvalue weighted by atomic mass is 9.79. The molecule has 1 atom stereocenters. The fraction of sp³-hybridized carbons (Fsp3) is 0.267. The molecule has 1 aliphatic carbocycles. The van der Waals surface area contributed by atoms with Crippen LogP contribution in [0.25, 0.3) is 5.76 Å². The second-order valence-electron chi connectivity index (χ2n) is 5.16. The third kappa shape index (κ3) is 2.79. The molecule has 0 radical (unpaired) electrons. The highest BCUT2D eigenvalue weighted by Crippen LogP contribution is 2.40. The first kappa shape index (κ1) is 17.0. The highest BCUT2D eigenvalue weighted by atomic mass is 35.5. The number of aliphatic carboxylic acids is 1. The fourth-order valence-electron chi connectivity index (χ4n) is 2.55. The van der Waals surface area contributed by atoms with Gasteiger partial charge < -0.3 is 15.5 Å². The number of rotatable bonds is 3. The predicted octanol–water partition coefficient (Wildman–Crippen LogP) is 1.94. The third-order valence-corrected chi connectivity index (χ3v) is 3.90. The number of aliphatic hydroxyl groups excluding tert-OH is 1. The monoisotopic (exact) mass is 341 g/mol. The molecule has 0 aromatic heterocycles. The number of aryl methyl sites for hydroxylation is 1. The second kappa shape index (κ2) is 6.00. The number of carbonyl (C=O) groups excluding carboxylic acids is 2. The van der Waals surface area contributed by atoms with Gasteiger partial charge in [-0.15, -0.1) is 0 Å². The third-order valence-electron chi connectivity index (χ3n) is 3.63. The number of halogens is 2. The minimum Gasteiger partial charge on any atom is -0.506 e. The lowest BCUT2D eigenvalue weighted by Crippen LogP contribution is -2.36. The molecule has 6 nitrogen and oxygen atoms in total. The van der Waals surface area contributed by atoms with Crippen LogP contribution < -0.4 is 5.32 Å². The number of amides is 1. The van der Waals surface area contributed by atoms with Crippen molar-refractivity contribution in [3.05, 3.63) is 39.2 Å². The number of benzene rings is 1. The number of hydrogen-bond acceptors (Lipinski definition) is 4. The number of aliphatic hydroxyl groups is 1. The van der Waals surface area contributed by atoms with Crippen molar-refractivity contribution in [3.63, 3.8) is 0 Å². The molecule has 23 heavy (non-hydrogen) atoms. The van der Waals surface area contributed by atoms with Gasteiger partial charge in [-0.1, -0.05) is 18.5 Å². The molecule has 1 aromatic rings. The topological polar surface area (TPSA) is 104 Å². The minimum atomic E-state index is -1.30. The highest BCUT2D eigenvalue weighted by Gasteiger charge is 2.38. The van der Waals surface area contributed by atoms with Crippen molar-refractivity contribution in [1.82, 2.24) is 5.32 Å². The Labute approximate surface area is 135 Å². The molecular weight excluding hydrogens is 329 g/mol. The lowest BCUT2D eigenvalue weighted by molar-refractivity contribution is -0.137. The Bertz CT molecular complexity index is 772. The predicted molar refractivity (Wildman–Crippen MR) is 79.8 cm³/mol. The molecule has 0 saturated carbocycles. The summed E-state index contributed by atoms with van der Waals surface area (Å²) in [4.78, 5) is 34.8. The SMILES string of the molecule is Cc1cc(Cl)c(F)c2c1C(O)=C(C(=O)NCC(=O)O)C(=O)C2C. The van der Waals surface area contributed by atoms with Gasteiger partial charge >= 0.3 is 5.97 Å². The second-order valence-corrected chi connectivity index (χ2v) is 5.57. The largest absolute Gasteiger partial charge is 0.506 e. The molecule has 0 bridgehead atoms. The normalized spacial score (nSPS) is 17.0. The van der Waals surface area contributed by atoms with E-state index in [4.69, 9.17) is 16.7 Å². The maximum absolute atomic E-state index is 14.2. The Morgan fingerprint density at radius 3 is 2.61 bits per heavy atom. The Hall–Kier alpha value is -2.41. The van der Waals surface area contributed by atoms with Crippen LogP contribution in [0, 0.1) is 12.7 Å². The smallest absolute Gasteiger partial charge is 0.322 e. The van der Waals surface area contributed by atoms with E-state index in [2.05, 4.69) is 0 Å². The lowest BCUT2D eigenvalue weighted by Gasteiger charge is -2.25. The number of Topliss-reactive ketones (excluding diaryl/α,β-unsaturated/α-hetero) is 1. The zero-order valence-corrected chi connectivity index (χ0v) is 13.0. The van der Waals surface area contributed by atoms with Gasteiger partial charge in [0, 0.05) is 17.0 Å². The summed E-state index contributed by atoms with van der Waals surface area (Å²) in [6.45, 7) is 2.23. The van der Waals surface area contributed by atoms with E-state index in [9.17, 15) is 23.9 Å². The van der Waals surface area contributed by atoms with Gasteiger partial charge in [0.1, 0.15) is 23.7 Å². The molecule has 122 valence electrons. The van der Waals surface area contributed by atoms with E-state index in [1.54, 1.807) is 6.92 Å². The number of carbonyl (C=O) groups is 3. The summed E-state index contributed by atoms with van der Waals surface area (Å²) in [6, 6.07) is 1.28. The van der Waals surface area contributed by atoms with Crippen molar-refractivity contribution in [2.45, 2.75) is 19.8 Å². The van der Waals surface area contributed by atoms with Crippen LogP contribution >= 0.6 is 11.6 Å². The molecule has 0 aliphatic heterocycles. The number of carboxylic acids is 1.